The Kier molecular flexibility index (Phi) is 6.48. The molecule has 10 heteroatoms. The minimum atomic E-state index is -0.922. The number of benzene rings is 1. The van der Waals surface area contributed by atoms with Crippen molar-refractivity contribution in [2.24, 2.45) is 5.92 Å². The van der Waals surface area contributed by atoms with E-state index in [0.29, 0.717) is 17.2 Å². The van der Waals surface area contributed by atoms with Gasteiger partial charge < -0.3 is 15.7 Å². The summed E-state index contributed by atoms with van der Waals surface area (Å²) in [5.74, 6) is -0.193. The van der Waals surface area contributed by atoms with Gasteiger partial charge in [0.1, 0.15) is 5.82 Å². The predicted octanol–water partition coefficient (Wildman–Crippen LogP) is 3.76. The van der Waals surface area contributed by atoms with E-state index >= 15 is 0 Å². The number of nitrogens with zero attached hydrogens (tertiary/aromatic N) is 4. The highest BCUT2D eigenvalue weighted by Crippen LogP contribution is 2.27. The van der Waals surface area contributed by atoms with E-state index in [1.807, 2.05) is 19.9 Å². The fourth-order valence-electron chi connectivity index (χ4n) is 2.71. The number of anilines is 3. The number of aliphatic hydroxyl groups is 1. The highest BCUT2D eigenvalue weighted by atomic mass is 19.1. The van der Waals surface area contributed by atoms with Crippen molar-refractivity contribution in [3.05, 3.63) is 64.7 Å². The Morgan fingerprint density at radius 3 is 2.67 bits per heavy atom. The molecule has 0 radical (unpaired) electrons. The Balaban J connectivity index is 1.99. The van der Waals surface area contributed by atoms with Gasteiger partial charge in [-0.25, -0.2) is 4.98 Å². The van der Waals surface area contributed by atoms with Gasteiger partial charge in [-0.2, -0.15) is 9.37 Å². The monoisotopic (exact) mass is 412 g/mol. The highest BCUT2D eigenvalue weighted by molar-refractivity contribution is 5.67. The van der Waals surface area contributed by atoms with E-state index in [1.165, 1.54) is 6.07 Å². The molecule has 30 heavy (non-hydrogen) atoms. The normalized spacial score (nSPS) is 11.9. The fraction of sp³-hybridized carbons (Fsp3) is 0.250. The molecule has 0 saturated carbocycles. The van der Waals surface area contributed by atoms with Gasteiger partial charge in [0, 0.05) is 35.8 Å². The van der Waals surface area contributed by atoms with Gasteiger partial charge in [0.15, 0.2) is 0 Å². The predicted molar refractivity (Wildman–Crippen MR) is 111 cm³/mol. The third-order valence-corrected chi connectivity index (χ3v) is 4.41. The molecule has 0 aliphatic carbocycles. The molecule has 0 aliphatic rings. The molecule has 9 nitrogen and oxygen atoms in total. The van der Waals surface area contributed by atoms with Crippen molar-refractivity contribution in [1.82, 2.24) is 15.0 Å². The second kappa shape index (κ2) is 9.23. The Labute approximate surface area is 172 Å². The van der Waals surface area contributed by atoms with Gasteiger partial charge in [-0.05, 0) is 30.2 Å². The lowest BCUT2D eigenvalue weighted by atomic mass is 10.1. The second-order valence-electron chi connectivity index (χ2n) is 6.93. The van der Waals surface area contributed by atoms with Crippen LogP contribution < -0.4 is 10.6 Å². The first-order valence-corrected chi connectivity index (χ1v) is 9.25. The molecular weight excluding hydrogens is 391 g/mol. The number of nitro benzene ring substituents is 1. The smallest absolute Gasteiger partial charge is 0.306 e. The molecule has 2 heterocycles. The SMILES string of the molecule is CC(C)[C@H](CO)Nc1nc(Nc2ccc(F)c([N+](=O)[O-])c2)cc(-c2cccnc2)n1. The van der Waals surface area contributed by atoms with Crippen LogP contribution in [-0.4, -0.2) is 37.6 Å². The van der Waals surface area contributed by atoms with Gasteiger partial charge in [0.25, 0.3) is 0 Å². The summed E-state index contributed by atoms with van der Waals surface area (Å²) in [4.78, 5) is 23.2. The van der Waals surface area contributed by atoms with E-state index in [4.69, 9.17) is 0 Å². The van der Waals surface area contributed by atoms with Crippen molar-refractivity contribution in [3.8, 4) is 11.3 Å². The van der Waals surface area contributed by atoms with Gasteiger partial charge in [-0.3, -0.25) is 15.1 Å². The molecule has 0 amide bonds. The van der Waals surface area contributed by atoms with Crippen molar-refractivity contribution < 1.29 is 14.4 Å². The van der Waals surface area contributed by atoms with E-state index in [0.717, 1.165) is 17.7 Å². The molecule has 0 bridgehead atoms. The van der Waals surface area contributed by atoms with Crippen LogP contribution in [0, 0.1) is 21.8 Å². The largest absolute Gasteiger partial charge is 0.394 e. The Morgan fingerprint density at radius 2 is 2.03 bits per heavy atom. The zero-order chi connectivity index (χ0) is 21.7. The van der Waals surface area contributed by atoms with Crippen LogP contribution in [0.15, 0.2) is 48.8 Å². The van der Waals surface area contributed by atoms with Gasteiger partial charge >= 0.3 is 5.69 Å². The molecule has 0 spiro atoms. The van der Waals surface area contributed by atoms with E-state index in [1.54, 1.807) is 24.5 Å². The molecule has 3 rings (SSSR count). The summed E-state index contributed by atoms with van der Waals surface area (Å²) in [5, 5.41) is 26.7. The van der Waals surface area contributed by atoms with Crippen LogP contribution in [0.4, 0.5) is 27.5 Å². The summed E-state index contributed by atoms with van der Waals surface area (Å²) < 4.78 is 13.6. The zero-order valence-electron chi connectivity index (χ0n) is 16.4. The lowest BCUT2D eigenvalue weighted by Crippen LogP contribution is -2.30. The number of aromatic nitrogens is 3. The summed E-state index contributed by atoms with van der Waals surface area (Å²) >= 11 is 0. The Bertz CT molecular complexity index is 1030. The van der Waals surface area contributed by atoms with Crippen LogP contribution >= 0.6 is 0 Å². The van der Waals surface area contributed by atoms with E-state index in [-0.39, 0.29) is 24.5 Å². The maximum absolute atomic E-state index is 13.6. The number of pyridine rings is 1. The topological polar surface area (TPSA) is 126 Å². The zero-order valence-corrected chi connectivity index (χ0v) is 16.4. The van der Waals surface area contributed by atoms with Crippen LogP contribution in [0.5, 0.6) is 0 Å². The molecular formula is C20H21FN6O3. The molecule has 0 fully saturated rings. The summed E-state index contributed by atoms with van der Waals surface area (Å²) in [6.45, 7) is 3.80. The van der Waals surface area contributed by atoms with Crippen LogP contribution in [0.3, 0.4) is 0 Å². The number of hydrogen-bond donors (Lipinski definition) is 3. The van der Waals surface area contributed by atoms with Gasteiger partial charge in [-0.15, -0.1) is 0 Å². The molecule has 1 aromatic carbocycles. The second-order valence-corrected chi connectivity index (χ2v) is 6.93. The molecule has 3 aromatic rings. The number of rotatable bonds is 8. The fourth-order valence-corrected chi connectivity index (χ4v) is 2.71. The minimum absolute atomic E-state index is 0.106. The number of nitro groups is 1. The van der Waals surface area contributed by atoms with Crippen molar-refractivity contribution in [2.75, 3.05) is 17.2 Å². The van der Waals surface area contributed by atoms with E-state index in [9.17, 15) is 19.6 Å². The van der Waals surface area contributed by atoms with E-state index < -0.39 is 16.4 Å². The first kappa shape index (κ1) is 21.1. The summed E-state index contributed by atoms with van der Waals surface area (Å²) in [5.41, 5.74) is 0.953. The van der Waals surface area contributed by atoms with Crippen molar-refractivity contribution in [3.63, 3.8) is 0 Å². The molecule has 2 aromatic heterocycles. The van der Waals surface area contributed by atoms with Crippen molar-refractivity contribution >= 4 is 23.1 Å². The number of halogens is 1. The maximum atomic E-state index is 13.6. The number of hydrogen-bond acceptors (Lipinski definition) is 8. The summed E-state index contributed by atoms with van der Waals surface area (Å²) in [6, 6.07) is 8.48. The maximum Gasteiger partial charge on any atom is 0.306 e. The lowest BCUT2D eigenvalue weighted by Gasteiger charge is -2.20. The number of aliphatic hydroxyl groups excluding tert-OH is 1. The molecule has 156 valence electrons. The van der Waals surface area contributed by atoms with Crippen molar-refractivity contribution in [2.45, 2.75) is 19.9 Å². The van der Waals surface area contributed by atoms with Crippen LogP contribution in [-0.2, 0) is 0 Å². The Morgan fingerprint density at radius 1 is 1.23 bits per heavy atom. The van der Waals surface area contributed by atoms with Crippen LogP contribution in [0.2, 0.25) is 0 Å². The average molecular weight is 412 g/mol. The minimum Gasteiger partial charge on any atom is -0.394 e. The number of nitrogens with one attached hydrogen (secondary N) is 2. The third-order valence-electron chi connectivity index (χ3n) is 4.41. The lowest BCUT2D eigenvalue weighted by molar-refractivity contribution is -0.387. The Hall–Kier alpha value is -3.66. The van der Waals surface area contributed by atoms with Gasteiger partial charge in [-0.1, -0.05) is 13.8 Å². The summed E-state index contributed by atoms with van der Waals surface area (Å²) in [7, 11) is 0. The van der Waals surface area contributed by atoms with Crippen molar-refractivity contribution in [1.29, 1.82) is 0 Å². The highest BCUT2D eigenvalue weighted by Gasteiger charge is 2.17. The standard InChI is InChI=1S/C20H21FN6O3/c1-12(2)17(11-28)25-20-24-16(13-4-3-7-22-10-13)9-19(26-20)23-14-5-6-15(21)18(8-14)27(29)30/h3-10,12,17,28H,11H2,1-2H3,(H2,23,24,25,26)/t17-/m0/s1. The molecule has 0 saturated heterocycles. The molecule has 3 N–H and O–H groups in total. The van der Waals surface area contributed by atoms with E-state index in [2.05, 4.69) is 25.6 Å². The van der Waals surface area contributed by atoms with Gasteiger partial charge in [0.05, 0.1) is 23.3 Å². The molecule has 1 atom stereocenters. The third kappa shape index (κ3) is 5.03. The first-order valence-electron chi connectivity index (χ1n) is 9.25. The van der Waals surface area contributed by atoms with Gasteiger partial charge in [0.2, 0.25) is 11.8 Å². The summed E-state index contributed by atoms with van der Waals surface area (Å²) in [6.07, 6.45) is 3.28. The molecule has 0 aliphatic heterocycles. The van der Waals surface area contributed by atoms with Crippen LogP contribution in [0.1, 0.15) is 13.8 Å². The quantitative estimate of drug-likeness (QED) is 0.377. The van der Waals surface area contributed by atoms with Crippen LogP contribution in [0.25, 0.3) is 11.3 Å². The average Bonchev–Trinajstić information content (AvgIpc) is 2.73. The first-order chi connectivity index (χ1) is 14.4. The molecule has 0 unspecified atom stereocenters.